The predicted molar refractivity (Wildman–Crippen MR) is 85.0 cm³/mol. The Kier molecular flexibility index (Phi) is 4.29. The molecule has 0 radical (unpaired) electrons. The average molecular weight is 354 g/mol. The number of halogens is 1. The topological polar surface area (TPSA) is 30.5 Å². The Balaban J connectivity index is 1.84. The van der Waals surface area contributed by atoms with E-state index in [-0.39, 0.29) is 6.04 Å². The van der Waals surface area contributed by atoms with Crippen LogP contribution in [0.4, 0.5) is 0 Å². The molecule has 2 aromatic rings. The molecular formula is C15H16BrNO2S. The summed E-state index contributed by atoms with van der Waals surface area (Å²) in [7, 11) is 1.99. The van der Waals surface area contributed by atoms with Crippen molar-refractivity contribution in [1.82, 2.24) is 5.32 Å². The largest absolute Gasteiger partial charge is 0.486 e. The fraction of sp³-hybridized carbons (Fsp3) is 0.333. The van der Waals surface area contributed by atoms with E-state index in [9.17, 15) is 0 Å². The number of thiophene rings is 1. The molecule has 0 saturated carbocycles. The summed E-state index contributed by atoms with van der Waals surface area (Å²) >= 11 is 5.37. The maximum Gasteiger partial charge on any atom is 0.161 e. The molecule has 1 unspecified atom stereocenters. The van der Waals surface area contributed by atoms with E-state index >= 15 is 0 Å². The second kappa shape index (κ2) is 6.16. The Hall–Kier alpha value is -1.04. The first-order valence-corrected chi connectivity index (χ1v) is 8.24. The molecule has 1 atom stereocenters. The van der Waals surface area contributed by atoms with Gasteiger partial charge in [0.25, 0.3) is 0 Å². The van der Waals surface area contributed by atoms with Gasteiger partial charge in [-0.2, -0.15) is 0 Å². The fourth-order valence-corrected chi connectivity index (χ4v) is 3.88. The van der Waals surface area contributed by atoms with E-state index in [4.69, 9.17) is 9.47 Å². The summed E-state index contributed by atoms with van der Waals surface area (Å²) in [4.78, 5) is 1.35. The highest BCUT2D eigenvalue weighted by Crippen LogP contribution is 2.34. The quantitative estimate of drug-likeness (QED) is 0.906. The van der Waals surface area contributed by atoms with Crippen LogP contribution in [0.2, 0.25) is 0 Å². The van der Waals surface area contributed by atoms with Crippen molar-refractivity contribution in [2.45, 2.75) is 12.5 Å². The van der Waals surface area contributed by atoms with Crippen LogP contribution in [-0.2, 0) is 6.42 Å². The van der Waals surface area contributed by atoms with E-state index in [0.717, 1.165) is 17.9 Å². The van der Waals surface area contributed by atoms with Crippen LogP contribution in [0.1, 0.15) is 16.5 Å². The monoisotopic (exact) mass is 353 g/mol. The third-order valence-corrected chi connectivity index (χ3v) is 5.35. The van der Waals surface area contributed by atoms with E-state index in [1.54, 1.807) is 11.3 Å². The number of likely N-dealkylation sites (N-methyl/N-ethyl adjacent to an activating group) is 1. The van der Waals surface area contributed by atoms with Crippen molar-refractivity contribution in [3.8, 4) is 11.5 Å². The number of nitrogens with one attached hydrogen (secondary N) is 1. The van der Waals surface area contributed by atoms with Crippen LogP contribution in [0.3, 0.4) is 0 Å². The molecule has 106 valence electrons. The SMILES string of the molecule is CNC(Cc1sccc1Br)c1ccc2c(c1)OCCO2. The molecule has 0 fully saturated rings. The van der Waals surface area contributed by atoms with Gasteiger partial charge < -0.3 is 14.8 Å². The van der Waals surface area contributed by atoms with Gasteiger partial charge in [-0.1, -0.05) is 6.07 Å². The minimum Gasteiger partial charge on any atom is -0.486 e. The van der Waals surface area contributed by atoms with Gasteiger partial charge in [0.2, 0.25) is 0 Å². The lowest BCUT2D eigenvalue weighted by molar-refractivity contribution is 0.171. The lowest BCUT2D eigenvalue weighted by Crippen LogP contribution is -2.20. The molecule has 3 nitrogen and oxygen atoms in total. The van der Waals surface area contributed by atoms with Crippen molar-refractivity contribution >= 4 is 27.3 Å². The first-order chi connectivity index (χ1) is 9.78. The Labute approximate surface area is 131 Å². The van der Waals surface area contributed by atoms with Gasteiger partial charge in [0, 0.05) is 21.8 Å². The smallest absolute Gasteiger partial charge is 0.161 e. The molecule has 1 aromatic heterocycles. The normalized spacial score (nSPS) is 15.1. The third kappa shape index (κ3) is 2.85. The number of benzene rings is 1. The zero-order valence-electron chi connectivity index (χ0n) is 11.2. The van der Waals surface area contributed by atoms with Crippen LogP contribution in [0.25, 0.3) is 0 Å². The van der Waals surface area contributed by atoms with E-state index in [0.29, 0.717) is 13.2 Å². The van der Waals surface area contributed by atoms with Crippen molar-refractivity contribution in [3.63, 3.8) is 0 Å². The molecule has 0 saturated heterocycles. The molecule has 1 aromatic carbocycles. The van der Waals surface area contributed by atoms with E-state index in [1.807, 2.05) is 13.1 Å². The van der Waals surface area contributed by atoms with E-state index in [1.165, 1.54) is 14.9 Å². The zero-order valence-corrected chi connectivity index (χ0v) is 13.6. The lowest BCUT2D eigenvalue weighted by atomic mass is 10.0. The summed E-state index contributed by atoms with van der Waals surface area (Å²) in [5.41, 5.74) is 1.22. The third-order valence-electron chi connectivity index (χ3n) is 3.40. The number of ether oxygens (including phenoxy) is 2. The Morgan fingerprint density at radius 2 is 2.05 bits per heavy atom. The van der Waals surface area contributed by atoms with Gasteiger partial charge in [0.05, 0.1) is 0 Å². The van der Waals surface area contributed by atoms with Crippen LogP contribution < -0.4 is 14.8 Å². The maximum atomic E-state index is 5.66. The van der Waals surface area contributed by atoms with Gasteiger partial charge >= 0.3 is 0 Å². The standard InChI is InChI=1S/C15H16BrNO2S/c1-17-12(9-15-11(16)4-7-20-15)10-2-3-13-14(8-10)19-6-5-18-13/h2-4,7-8,12,17H,5-6,9H2,1H3. The molecule has 20 heavy (non-hydrogen) atoms. The van der Waals surface area contributed by atoms with Gasteiger partial charge in [-0.15, -0.1) is 11.3 Å². The number of rotatable bonds is 4. The molecule has 1 aliphatic heterocycles. The highest BCUT2D eigenvalue weighted by molar-refractivity contribution is 9.10. The molecule has 0 aliphatic carbocycles. The molecule has 0 spiro atoms. The molecule has 1 aliphatic rings. The van der Waals surface area contributed by atoms with Crippen LogP contribution >= 0.6 is 27.3 Å². The molecule has 0 bridgehead atoms. The van der Waals surface area contributed by atoms with Crippen molar-refractivity contribution < 1.29 is 9.47 Å². The highest BCUT2D eigenvalue weighted by Gasteiger charge is 2.17. The summed E-state index contributed by atoms with van der Waals surface area (Å²) < 4.78 is 12.4. The van der Waals surface area contributed by atoms with Crippen LogP contribution in [-0.4, -0.2) is 20.3 Å². The van der Waals surface area contributed by atoms with Gasteiger partial charge in [0.1, 0.15) is 13.2 Å². The first kappa shape index (κ1) is 13.9. The number of hydrogen-bond acceptors (Lipinski definition) is 4. The van der Waals surface area contributed by atoms with Crippen LogP contribution in [0.15, 0.2) is 34.1 Å². The summed E-state index contributed by atoms with van der Waals surface area (Å²) in [5.74, 6) is 1.69. The second-order valence-corrected chi connectivity index (χ2v) is 6.50. The van der Waals surface area contributed by atoms with E-state index < -0.39 is 0 Å². The Bertz CT molecular complexity index is 599. The van der Waals surface area contributed by atoms with Crippen molar-refractivity contribution in [2.75, 3.05) is 20.3 Å². The summed E-state index contributed by atoms with van der Waals surface area (Å²) in [6, 6.07) is 8.54. The fourth-order valence-electron chi connectivity index (χ4n) is 2.32. The van der Waals surface area contributed by atoms with E-state index in [2.05, 4.69) is 44.8 Å². The summed E-state index contributed by atoms with van der Waals surface area (Å²) in [6.45, 7) is 1.25. The minimum atomic E-state index is 0.265. The molecule has 5 heteroatoms. The number of fused-ring (bicyclic) bond motifs is 1. The van der Waals surface area contributed by atoms with Crippen LogP contribution in [0, 0.1) is 0 Å². The summed E-state index contributed by atoms with van der Waals surface area (Å²) in [6.07, 6.45) is 0.953. The van der Waals surface area contributed by atoms with Gasteiger partial charge in [-0.25, -0.2) is 0 Å². The molecule has 0 amide bonds. The second-order valence-electron chi connectivity index (χ2n) is 4.64. The average Bonchev–Trinajstić information content (AvgIpc) is 2.89. The number of hydrogen-bond donors (Lipinski definition) is 1. The van der Waals surface area contributed by atoms with Gasteiger partial charge in [0.15, 0.2) is 11.5 Å². The molecule has 3 rings (SSSR count). The Morgan fingerprint density at radius 3 is 2.75 bits per heavy atom. The minimum absolute atomic E-state index is 0.265. The lowest BCUT2D eigenvalue weighted by Gasteiger charge is -2.22. The highest BCUT2D eigenvalue weighted by atomic mass is 79.9. The zero-order chi connectivity index (χ0) is 13.9. The van der Waals surface area contributed by atoms with Gasteiger partial charge in [-0.3, -0.25) is 0 Å². The first-order valence-electron chi connectivity index (χ1n) is 6.56. The predicted octanol–water partition coefficient (Wildman–Crippen LogP) is 3.79. The molecular weight excluding hydrogens is 338 g/mol. The molecule has 2 heterocycles. The van der Waals surface area contributed by atoms with Gasteiger partial charge in [-0.05, 0) is 52.1 Å². The Morgan fingerprint density at radius 1 is 1.25 bits per heavy atom. The van der Waals surface area contributed by atoms with Crippen molar-refractivity contribution in [1.29, 1.82) is 0 Å². The summed E-state index contributed by atoms with van der Waals surface area (Å²) in [5, 5.41) is 5.49. The van der Waals surface area contributed by atoms with Crippen LogP contribution in [0.5, 0.6) is 11.5 Å². The van der Waals surface area contributed by atoms with Crippen molar-refractivity contribution in [3.05, 3.63) is 44.6 Å². The van der Waals surface area contributed by atoms with Crippen molar-refractivity contribution in [2.24, 2.45) is 0 Å². The maximum absolute atomic E-state index is 5.66. The molecule has 1 N–H and O–H groups in total.